The predicted octanol–water partition coefficient (Wildman–Crippen LogP) is 20.0. The lowest BCUT2D eigenvalue weighted by molar-refractivity contribution is -0.736. The second kappa shape index (κ2) is 22.1. The summed E-state index contributed by atoms with van der Waals surface area (Å²) in [4.78, 5) is 0. The minimum absolute atomic E-state index is 0.438. The summed E-state index contributed by atoms with van der Waals surface area (Å²) in [5.41, 5.74) is 2.44. The van der Waals surface area contributed by atoms with Gasteiger partial charge in [0.15, 0.2) is 5.60 Å². The van der Waals surface area contributed by atoms with Gasteiger partial charge in [0.1, 0.15) is 0 Å². The molecule has 8 fully saturated rings. The van der Waals surface area contributed by atoms with Crippen molar-refractivity contribution in [2.24, 2.45) is 16.2 Å². The molecular weight excluding hydrogens is 1200 g/mol. The van der Waals surface area contributed by atoms with Crippen LogP contribution in [0.2, 0.25) is 0 Å². The first-order valence-electron chi connectivity index (χ1n) is 34.7. The Morgan fingerprint density at radius 1 is 0.312 bits per heavy atom. The lowest BCUT2D eigenvalue weighted by Gasteiger charge is -2.82. The Kier molecular flexibility index (Phi) is 17.4. The molecule has 14 heteroatoms. The van der Waals surface area contributed by atoms with Crippen LogP contribution in [-0.4, -0.2) is 41.3 Å². The molecule has 0 aromatic heterocycles. The van der Waals surface area contributed by atoms with Crippen molar-refractivity contribution in [3.63, 3.8) is 0 Å². The van der Waals surface area contributed by atoms with Gasteiger partial charge in [-0.3, -0.25) is 36.6 Å². The van der Waals surface area contributed by atoms with Crippen LogP contribution in [0.25, 0.3) is 0 Å². The van der Waals surface area contributed by atoms with E-state index in [1.54, 1.807) is 0 Å². The summed E-state index contributed by atoms with van der Waals surface area (Å²) >= 11 is 0. The second-order valence-electron chi connectivity index (χ2n) is 37.5. The van der Waals surface area contributed by atoms with Crippen LogP contribution in [0.5, 0.6) is 0 Å². The van der Waals surface area contributed by atoms with Crippen LogP contribution in [0, 0.1) is 16.2 Å². The monoisotopic (exact) mass is 1320 g/mol. The van der Waals surface area contributed by atoms with E-state index in [0.717, 1.165) is 109 Å². The smallest absolute Gasteiger partial charge is 0.346 e. The van der Waals surface area contributed by atoms with Crippen molar-refractivity contribution in [1.82, 2.24) is 0 Å². The zero-order valence-corrected chi connectivity index (χ0v) is 65.0. The maximum Gasteiger partial charge on any atom is 0.346 e. The van der Waals surface area contributed by atoms with Gasteiger partial charge in [-0.05, 0) is 161 Å². The minimum Gasteiger partial charge on any atom is -0.396 e. The Morgan fingerprint density at radius 3 is 0.828 bits per heavy atom. The summed E-state index contributed by atoms with van der Waals surface area (Å²) in [6, 6.07) is 18.9. The summed E-state index contributed by atoms with van der Waals surface area (Å²) in [5.74, 6) is -11.6. The highest BCUT2D eigenvalue weighted by molar-refractivity contribution is 7.43. The summed E-state index contributed by atoms with van der Waals surface area (Å²) in [6.07, 6.45) is 2.92. The number of aryl methyl sites for hydroxylation is 4. The summed E-state index contributed by atoms with van der Waals surface area (Å²) in [5, 5.41) is 25.3. The fraction of sp³-hybridized carbons (Fsp3) is 0.696. The number of ether oxygens (including phenoxy) is 4. The topological polar surface area (TPSA) is 133 Å². The molecule has 0 amide bonds. The molecule has 12 rings (SSSR count). The largest absolute Gasteiger partial charge is 0.396 e. The van der Waals surface area contributed by atoms with E-state index in [1.807, 2.05) is 13.8 Å². The lowest BCUT2D eigenvalue weighted by atomic mass is 9.48. The van der Waals surface area contributed by atoms with Crippen LogP contribution < -0.4 is 0 Å². The summed E-state index contributed by atoms with van der Waals surface area (Å²) < 4.78 is 82.3. The molecule has 8 heterocycles. The molecule has 0 saturated carbocycles. The molecule has 4 unspecified atom stereocenters. The molecule has 0 aliphatic carbocycles. The van der Waals surface area contributed by atoms with Crippen molar-refractivity contribution < 1.29 is 56.3 Å². The maximum atomic E-state index is 13.4. The van der Waals surface area contributed by atoms with Gasteiger partial charge in [-0.15, -0.1) is 0 Å². The predicted molar refractivity (Wildman–Crippen MR) is 374 cm³/mol. The number of hydrogen-bond donors (Lipinski definition) is 2. The zero-order chi connectivity index (χ0) is 69.9. The van der Waals surface area contributed by atoms with Crippen LogP contribution in [-0.2, 0) is 132 Å². The van der Waals surface area contributed by atoms with Crippen LogP contribution in [0.1, 0.15) is 311 Å². The van der Waals surface area contributed by atoms with E-state index >= 15 is 0 Å². The van der Waals surface area contributed by atoms with Crippen molar-refractivity contribution in [1.29, 1.82) is 0 Å². The minimum atomic E-state index is -2.50. The molecule has 4 aromatic carbocycles. The van der Waals surface area contributed by atoms with Gasteiger partial charge in [0, 0.05) is 16.5 Å². The quantitative estimate of drug-likeness (QED) is 0.131. The normalized spacial score (nSPS) is 29.1. The zero-order valence-electron chi connectivity index (χ0n) is 63.2. The number of aliphatic hydroxyl groups is 2. The van der Waals surface area contributed by atoms with Crippen molar-refractivity contribution in [3.8, 4) is 0 Å². The van der Waals surface area contributed by atoms with E-state index in [4.69, 9.17) is 36.6 Å². The molecule has 5 bridgehead atoms. The molecule has 3 spiro atoms. The molecule has 8 saturated heterocycles. The van der Waals surface area contributed by atoms with Gasteiger partial charge in [0.05, 0.1) is 18.6 Å². The average Bonchev–Trinajstić information content (AvgIpc) is 0.598. The van der Waals surface area contributed by atoms with Gasteiger partial charge in [-0.1, -0.05) is 256 Å². The Morgan fingerprint density at radius 2 is 0.570 bits per heavy atom. The third-order valence-corrected chi connectivity index (χ3v) is 23.4. The highest BCUT2D eigenvalue weighted by Crippen LogP contribution is 2.94. The molecular formula is C79H118O12P2. The fourth-order valence-corrected chi connectivity index (χ4v) is 18.2. The Labute approximate surface area is 563 Å². The van der Waals surface area contributed by atoms with Crippen molar-refractivity contribution in [2.75, 3.05) is 13.2 Å². The number of rotatable bonds is 12. The average molecular weight is 1320 g/mol. The first-order valence-corrected chi connectivity index (χ1v) is 36.8. The van der Waals surface area contributed by atoms with Gasteiger partial charge >= 0.3 is 35.1 Å². The van der Waals surface area contributed by atoms with Crippen LogP contribution in [0.3, 0.4) is 0 Å². The van der Waals surface area contributed by atoms with Crippen molar-refractivity contribution in [3.05, 3.63) is 138 Å². The van der Waals surface area contributed by atoms with E-state index in [1.165, 1.54) is 0 Å². The highest BCUT2D eigenvalue weighted by Gasteiger charge is 3.05. The molecule has 93 heavy (non-hydrogen) atoms. The molecule has 0 radical (unpaired) electrons. The molecule has 8 aliphatic rings. The summed E-state index contributed by atoms with van der Waals surface area (Å²) in [7, 11) is -4.87. The third kappa shape index (κ3) is 10.4. The third-order valence-electron chi connectivity index (χ3n) is 21.0. The number of benzene rings is 4. The number of hydrogen-bond acceptors (Lipinski definition) is 12. The van der Waals surface area contributed by atoms with Crippen molar-refractivity contribution >= 4 is 17.2 Å². The van der Waals surface area contributed by atoms with Gasteiger partial charge in [-0.2, -0.15) is 0 Å². The Bertz CT molecular complexity index is 3350. The van der Waals surface area contributed by atoms with E-state index in [-0.39, 0.29) is 0 Å². The number of aliphatic hydroxyl groups excluding tert-OH is 2. The van der Waals surface area contributed by atoms with E-state index in [0.29, 0.717) is 5.56 Å². The molecule has 4 atom stereocenters. The molecule has 2 N–H and O–H groups in total. The van der Waals surface area contributed by atoms with Crippen LogP contribution >= 0.6 is 17.2 Å². The van der Waals surface area contributed by atoms with E-state index in [2.05, 4.69) is 256 Å². The molecule has 4 aromatic rings. The van der Waals surface area contributed by atoms with E-state index < -0.39 is 125 Å². The fourth-order valence-electron chi connectivity index (χ4n) is 15.6. The highest BCUT2D eigenvalue weighted by atomic mass is 31.2. The standard InChI is InChI=1S/C79H118O12P2/c1-33-47-37-51(63(5,6)7)59(52(38-47)64(8,9)10)73(60-53(65(11,12)13)39-48(34-2)40-54(60)66(14,15)16)76-75(62-57(69(23,24)25)43-50(36-4)44-58(62)70(26,27)28,86-92-88-78(76,89-92)84-77(72(31,32)46-81)85-79(76)90-93(87-77)91-79)83-74(82-73,71(29,30)45-80)61-55(67(17,18)19)41-49(35-3)42-56(61)68(20,21)22/h37-44,80-81H,33-36,45-46H2,1-32H3. The van der Waals surface area contributed by atoms with E-state index in [9.17, 15) is 19.7 Å². The Hall–Kier alpha value is -2.74. The van der Waals surface area contributed by atoms with Crippen LogP contribution in [0.15, 0.2) is 48.5 Å². The molecule has 8 aliphatic heterocycles. The van der Waals surface area contributed by atoms with Crippen molar-refractivity contribution in [2.45, 2.75) is 326 Å². The molecule has 516 valence electrons. The summed E-state index contributed by atoms with van der Waals surface area (Å²) in [6.45, 7) is 70.6. The lowest BCUT2D eigenvalue weighted by Crippen LogP contribution is -2.96. The van der Waals surface area contributed by atoms with Gasteiger partial charge in [-0.25, -0.2) is 0 Å². The maximum absolute atomic E-state index is 13.4. The first-order chi connectivity index (χ1) is 42.1. The van der Waals surface area contributed by atoms with Gasteiger partial charge in [0.25, 0.3) is 0 Å². The van der Waals surface area contributed by atoms with Gasteiger partial charge in [0.2, 0.25) is 17.0 Å². The van der Waals surface area contributed by atoms with Crippen LogP contribution in [0.4, 0.5) is 0 Å². The first kappa shape index (κ1) is 73.0. The van der Waals surface area contributed by atoms with Gasteiger partial charge < -0.3 is 19.7 Å². The SMILES string of the molecule is CCc1cc(C(C)(C)C)c(C2(C(C)(C)CO)OC3(c4c(C(C)(C)C)cc(CC)cc4C(C)(C)C)OP4OC5(O4)OC4(C(C)(C)CO)OP6OC(O6)(O4)C53C(c3c(C(C)(C)C)cc(CC)cc3C(C)(C)C)(c3c(C(C)(C)C)cc(CC)cc3C(C)(C)C)O2)c(C(C)(C)C)c1. The second-order valence-corrected chi connectivity index (χ2v) is 39.5. The molecule has 12 nitrogen and oxygen atoms in total. The Balaban J connectivity index is 1.76.